The van der Waals surface area contributed by atoms with Crippen molar-refractivity contribution in [1.29, 1.82) is 0 Å². The molecule has 1 saturated heterocycles. The van der Waals surface area contributed by atoms with Crippen LogP contribution < -0.4 is 10.2 Å². The van der Waals surface area contributed by atoms with Crippen LogP contribution in [0.4, 0.5) is 14.5 Å². The molecule has 1 aliphatic heterocycles. The zero-order valence-corrected chi connectivity index (χ0v) is 8.82. The summed E-state index contributed by atoms with van der Waals surface area (Å²) in [7, 11) is 0. The van der Waals surface area contributed by atoms with Gasteiger partial charge in [-0.15, -0.1) is 0 Å². The van der Waals surface area contributed by atoms with Crippen molar-refractivity contribution in [2.45, 2.75) is 0 Å². The van der Waals surface area contributed by atoms with Crippen LogP contribution in [-0.4, -0.2) is 26.2 Å². The fourth-order valence-electron chi connectivity index (χ4n) is 1.68. The van der Waals surface area contributed by atoms with Crippen molar-refractivity contribution in [1.82, 2.24) is 5.32 Å². The first-order valence-corrected chi connectivity index (χ1v) is 5.16. The lowest BCUT2D eigenvalue weighted by molar-refractivity contribution is 0.499. The van der Waals surface area contributed by atoms with Crippen LogP contribution in [-0.2, 0) is 0 Å². The van der Waals surface area contributed by atoms with Gasteiger partial charge in [0.25, 0.3) is 0 Å². The Hall–Kier alpha value is -0.870. The number of hydrogen-bond donors (Lipinski definition) is 1. The molecule has 2 rings (SSSR count). The van der Waals surface area contributed by atoms with Gasteiger partial charge in [0.1, 0.15) is 0 Å². The van der Waals surface area contributed by atoms with Crippen LogP contribution in [0.15, 0.2) is 12.1 Å². The molecule has 15 heavy (non-hydrogen) atoms. The van der Waals surface area contributed by atoms with Crippen molar-refractivity contribution >= 4 is 17.3 Å². The largest absolute Gasteiger partial charge is 0.366 e. The number of anilines is 1. The van der Waals surface area contributed by atoms with E-state index in [1.54, 1.807) is 4.90 Å². The van der Waals surface area contributed by atoms with Gasteiger partial charge in [0.2, 0.25) is 0 Å². The van der Waals surface area contributed by atoms with Gasteiger partial charge in [-0.2, -0.15) is 0 Å². The summed E-state index contributed by atoms with van der Waals surface area (Å²) in [6.07, 6.45) is 0. The smallest absolute Gasteiger partial charge is 0.182 e. The zero-order valence-electron chi connectivity index (χ0n) is 8.06. The molecule has 1 fully saturated rings. The summed E-state index contributed by atoms with van der Waals surface area (Å²) in [6, 6.07) is 2.45. The van der Waals surface area contributed by atoms with Gasteiger partial charge in [-0.3, -0.25) is 0 Å². The summed E-state index contributed by atoms with van der Waals surface area (Å²) in [6.45, 7) is 2.87. The number of nitrogens with one attached hydrogen (secondary N) is 1. The van der Waals surface area contributed by atoms with E-state index in [4.69, 9.17) is 11.6 Å². The molecule has 1 N–H and O–H groups in total. The van der Waals surface area contributed by atoms with Gasteiger partial charge in [-0.1, -0.05) is 11.6 Å². The Morgan fingerprint density at radius 1 is 1.20 bits per heavy atom. The molecule has 0 bridgehead atoms. The quantitative estimate of drug-likeness (QED) is 0.746. The fourth-order valence-corrected chi connectivity index (χ4v) is 1.88. The van der Waals surface area contributed by atoms with Gasteiger partial charge in [-0.25, -0.2) is 8.78 Å². The monoisotopic (exact) mass is 232 g/mol. The summed E-state index contributed by atoms with van der Waals surface area (Å²) >= 11 is 5.69. The third kappa shape index (κ3) is 2.21. The highest BCUT2D eigenvalue weighted by atomic mass is 35.5. The molecule has 0 radical (unpaired) electrons. The molecule has 82 valence electrons. The molecule has 0 aliphatic carbocycles. The Bertz CT molecular complexity index is 365. The summed E-state index contributed by atoms with van der Waals surface area (Å²) in [5.41, 5.74) is 0.251. The maximum Gasteiger partial charge on any atom is 0.182 e. The minimum absolute atomic E-state index is 0.224. The Balaban J connectivity index is 2.33. The van der Waals surface area contributed by atoms with Gasteiger partial charge in [0.05, 0.1) is 5.69 Å². The van der Waals surface area contributed by atoms with E-state index in [-0.39, 0.29) is 10.7 Å². The number of hydrogen-bond acceptors (Lipinski definition) is 2. The molecule has 2 nitrogen and oxygen atoms in total. The topological polar surface area (TPSA) is 15.3 Å². The molecule has 0 unspecified atom stereocenters. The average molecular weight is 233 g/mol. The molecule has 1 aliphatic rings. The van der Waals surface area contributed by atoms with E-state index in [2.05, 4.69) is 5.32 Å². The minimum atomic E-state index is -0.893. The highest BCUT2D eigenvalue weighted by Gasteiger charge is 2.17. The summed E-state index contributed by atoms with van der Waals surface area (Å²) < 4.78 is 26.6. The Kier molecular flexibility index (Phi) is 3.07. The van der Waals surface area contributed by atoms with Gasteiger partial charge in [0.15, 0.2) is 11.6 Å². The molecule has 5 heteroatoms. The van der Waals surface area contributed by atoms with Crippen molar-refractivity contribution in [3.05, 3.63) is 28.8 Å². The second-order valence-corrected chi connectivity index (χ2v) is 3.89. The predicted octanol–water partition coefficient (Wildman–Crippen LogP) is 2.03. The summed E-state index contributed by atoms with van der Waals surface area (Å²) in [5, 5.41) is 3.37. The van der Waals surface area contributed by atoms with Crippen LogP contribution in [0.1, 0.15) is 0 Å². The van der Waals surface area contributed by atoms with Gasteiger partial charge in [-0.05, 0) is 12.1 Å². The van der Waals surface area contributed by atoms with Crippen molar-refractivity contribution in [3.63, 3.8) is 0 Å². The molecule has 1 heterocycles. The van der Waals surface area contributed by atoms with E-state index in [9.17, 15) is 8.78 Å². The van der Waals surface area contributed by atoms with Crippen LogP contribution in [0.3, 0.4) is 0 Å². The van der Waals surface area contributed by atoms with E-state index in [0.717, 1.165) is 19.2 Å². The lowest BCUT2D eigenvalue weighted by Crippen LogP contribution is -2.44. The van der Waals surface area contributed by atoms with E-state index < -0.39 is 11.6 Å². The summed E-state index contributed by atoms with van der Waals surface area (Å²) in [5.74, 6) is -1.71. The number of benzene rings is 1. The second kappa shape index (κ2) is 4.33. The summed E-state index contributed by atoms with van der Waals surface area (Å²) in [4.78, 5) is 1.79. The molecule has 0 atom stereocenters. The SMILES string of the molecule is Fc1cc(Cl)cc(N2CCNCC2)c1F. The first-order valence-electron chi connectivity index (χ1n) is 4.78. The fraction of sp³-hybridized carbons (Fsp3) is 0.400. The van der Waals surface area contributed by atoms with Crippen LogP contribution in [0, 0.1) is 11.6 Å². The number of nitrogens with zero attached hydrogens (tertiary/aromatic N) is 1. The molecular formula is C10H11ClF2N2. The minimum Gasteiger partial charge on any atom is -0.366 e. The third-order valence-corrected chi connectivity index (χ3v) is 2.65. The van der Waals surface area contributed by atoms with Gasteiger partial charge >= 0.3 is 0 Å². The van der Waals surface area contributed by atoms with Gasteiger partial charge < -0.3 is 10.2 Å². The molecule has 1 aromatic rings. The van der Waals surface area contributed by atoms with Crippen molar-refractivity contribution in [2.24, 2.45) is 0 Å². The molecular weight excluding hydrogens is 222 g/mol. The van der Waals surface area contributed by atoms with Crippen molar-refractivity contribution in [3.8, 4) is 0 Å². The molecule has 0 spiro atoms. The number of piperazine rings is 1. The van der Waals surface area contributed by atoms with Crippen molar-refractivity contribution < 1.29 is 8.78 Å². The standard InChI is InChI=1S/C10H11ClF2N2/c11-7-5-8(12)10(13)9(6-7)15-3-1-14-2-4-15/h5-6,14H,1-4H2. The van der Waals surface area contributed by atoms with Gasteiger partial charge in [0, 0.05) is 31.2 Å². The highest BCUT2D eigenvalue weighted by Crippen LogP contribution is 2.26. The van der Waals surface area contributed by atoms with E-state index in [1.165, 1.54) is 6.07 Å². The maximum absolute atomic E-state index is 13.5. The number of rotatable bonds is 1. The Labute approximate surface area is 91.8 Å². The molecule has 0 saturated carbocycles. The normalized spacial score (nSPS) is 16.9. The first kappa shape index (κ1) is 10.6. The average Bonchev–Trinajstić information content (AvgIpc) is 2.24. The van der Waals surface area contributed by atoms with Crippen LogP contribution >= 0.6 is 11.6 Å². The first-order chi connectivity index (χ1) is 7.18. The molecule has 0 aromatic heterocycles. The van der Waals surface area contributed by atoms with E-state index >= 15 is 0 Å². The third-order valence-electron chi connectivity index (χ3n) is 2.43. The molecule has 0 amide bonds. The zero-order chi connectivity index (χ0) is 10.8. The number of halogens is 3. The lowest BCUT2D eigenvalue weighted by Gasteiger charge is -2.29. The predicted molar refractivity (Wildman–Crippen MR) is 56.5 cm³/mol. The second-order valence-electron chi connectivity index (χ2n) is 3.46. The van der Waals surface area contributed by atoms with Crippen LogP contribution in [0.2, 0.25) is 5.02 Å². The van der Waals surface area contributed by atoms with Crippen LogP contribution in [0.5, 0.6) is 0 Å². The van der Waals surface area contributed by atoms with E-state index in [0.29, 0.717) is 13.1 Å². The van der Waals surface area contributed by atoms with Crippen molar-refractivity contribution in [2.75, 3.05) is 31.1 Å². The Morgan fingerprint density at radius 3 is 2.53 bits per heavy atom. The highest BCUT2D eigenvalue weighted by molar-refractivity contribution is 6.30. The van der Waals surface area contributed by atoms with Crippen LogP contribution in [0.25, 0.3) is 0 Å². The molecule has 1 aromatic carbocycles. The lowest BCUT2D eigenvalue weighted by atomic mass is 10.2. The van der Waals surface area contributed by atoms with E-state index in [1.807, 2.05) is 0 Å². The Morgan fingerprint density at radius 2 is 1.87 bits per heavy atom. The maximum atomic E-state index is 13.5.